The summed E-state index contributed by atoms with van der Waals surface area (Å²) in [6.45, 7) is 6.22. The van der Waals surface area contributed by atoms with E-state index >= 15 is 0 Å². The molecule has 6 nitrogen and oxygen atoms in total. The Kier molecular flexibility index (Phi) is 5.43. The van der Waals surface area contributed by atoms with Crippen molar-refractivity contribution in [3.8, 4) is 10.6 Å². The van der Waals surface area contributed by atoms with E-state index in [1.807, 2.05) is 41.2 Å². The minimum absolute atomic E-state index is 0.00292. The molecule has 0 aromatic carbocycles. The molecule has 0 bridgehead atoms. The normalized spacial score (nSPS) is 14.8. The molecule has 2 aromatic heterocycles. The monoisotopic (exact) mass is 358 g/mol. The van der Waals surface area contributed by atoms with Gasteiger partial charge in [0.1, 0.15) is 5.01 Å². The van der Waals surface area contributed by atoms with Crippen LogP contribution in [0.3, 0.4) is 0 Å². The lowest BCUT2D eigenvalue weighted by Gasteiger charge is -2.35. The van der Waals surface area contributed by atoms with Gasteiger partial charge in [-0.1, -0.05) is 13.8 Å². The van der Waals surface area contributed by atoms with Crippen molar-refractivity contribution in [2.45, 2.75) is 20.3 Å². The number of hydrogen-bond donors (Lipinski definition) is 0. The SMILES string of the molecule is CC(C)C(=O)N1CCN(C(=O)Cc2csc(-c3cccnc3)n2)CC1. The van der Waals surface area contributed by atoms with E-state index in [-0.39, 0.29) is 17.7 Å². The van der Waals surface area contributed by atoms with Gasteiger partial charge in [-0.3, -0.25) is 14.6 Å². The molecule has 0 aliphatic carbocycles. The lowest BCUT2D eigenvalue weighted by molar-refractivity contribution is -0.141. The van der Waals surface area contributed by atoms with Gasteiger partial charge in [0.05, 0.1) is 12.1 Å². The maximum Gasteiger partial charge on any atom is 0.228 e. The lowest BCUT2D eigenvalue weighted by Crippen LogP contribution is -2.51. The zero-order valence-corrected chi connectivity index (χ0v) is 15.3. The Balaban J connectivity index is 1.55. The van der Waals surface area contributed by atoms with Crippen molar-refractivity contribution in [1.29, 1.82) is 0 Å². The molecule has 2 amide bonds. The average Bonchev–Trinajstić information content (AvgIpc) is 3.10. The Labute approximate surface area is 151 Å². The number of carbonyl (C=O) groups is 2. The van der Waals surface area contributed by atoms with E-state index in [2.05, 4.69) is 9.97 Å². The van der Waals surface area contributed by atoms with Gasteiger partial charge in [-0.2, -0.15) is 0 Å². The molecule has 3 rings (SSSR count). The van der Waals surface area contributed by atoms with Crippen molar-refractivity contribution >= 4 is 23.2 Å². The topological polar surface area (TPSA) is 66.4 Å². The van der Waals surface area contributed by atoms with Gasteiger partial charge in [0, 0.05) is 55.4 Å². The van der Waals surface area contributed by atoms with E-state index in [1.54, 1.807) is 12.4 Å². The van der Waals surface area contributed by atoms with Gasteiger partial charge in [-0.25, -0.2) is 4.98 Å². The number of rotatable bonds is 4. The molecular weight excluding hydrogens is 336 g/mol. The second-order valence-electron chi connectivity index (χ2n) is 6.42. The van der Waals surface area contributed by atoms with Crippen molar-refractivity contribution in [1.82, 2.24) is 19.8 Å². The maximum atomic E-state index is 12.5. The highest BCUT2D eigenvalue weighted by Gasteiger charge is 2.25. The Hall–Kier alpha value is -2.28. The summed E-state index contributed by atoms with van der Waals surface area (Å²) in [5, 5.41) is 2.81. The molecule has 0 N–H and O–H groups in total. The van der Waals surface area contributed by atoms with Crippen LogP contribution in [-0.2, 0) is 16.0 Å². The predicted octanol–water partition coefficient (Wildman–Crippen LogP) is 2.07. The first-order chi connectivity index (χ1) is 12.0. The summed E-state index contributed by atoms with van der Waals surface area (Å²) in [4.78, 5) is 36.8. The van der Waals surface area contributed by atoms with Crippen LogP contribution >= 0.6 is 11.3 Å². The third kappa shape index (κ3) is 4.22. The standard InChI is InChI=1S/C18H22N4O2S/c1-13(2)18(24)22-8-6-21(7-9-22)16(23)10-15-12-25-17(20-15)14-4-3-5-19-11-14/h3-5,11-13H,6-10H2,1-2H3. The summed E-state index contributed by atoms with van der Waals surface area (Å²) in [6, 6.07) is 3.84. The highest BCUT2D eigenvalue weighted by atomic mass is 32.1. The van der Waals surface area contributed by atoms with Gasteiger partial charge in [-0.15, -0.1) is 11.3 Å². The fourth-order valence-corrected chi connectivity index (χ4v) is 3.63. The van der Waals surface area contributed by atoms with Crippen molar-refractivity contribution in [2.75, 3.05) is 26.2 Å². The highest BCUT2D eigenvalue weighted by Crippen LogP contribution is 2.23. The van der Waals surface area contributed by atoms with Crippen LogP contribution in [0.25, 0.3) is 10.6 Å². The van der Waals surface area contributed by atoms with Crippen LogP contribution in [-0.4, -0.2) is 57.8 Å². The zero-order valence-electron chi connectivity index (χ0n) is 14.5. The van der Waals surface area contributed by atoms with Gasteiger partial charge >= 0.3 is 0 Å². The number of amides is 2. The van der Waals surface area contributed by atoms with Crippen LogP contribution in [0.5, 0.6) is 0 Å². The largest absolute Gasteiger partial charge is 0.339 e. The Morgan fingerprint density at radius 3 is 2.56 bits per heavy atom. The summed E-state index contributed by atoms with van der Waals surface area (Å²) < 4.78 is 0. The first kappa shape index (κ1) is 17.5. The van der Waals surface area contributed by atoms with Crippen LogP contribution in [0, 0.1) is 5.92 Å². The highest BCUT2D eigenvalue weighted by molar-refractivity contribution is 7.13. The minimum Gasteiger partial charge on any atom is -0.339 e. The predicted molar refractivity (Wildman–Crippen MR) is 97.0 cm³/mol. The van der Waals surface area contributed by atoms with E-state index in [4.69, 9.17) is 0 Å². The summed E-state index contributed by atoms with van der Waals surface area (Å²) in [5.74, 6) is 0.232. The Bertz CT molecular complexity index is 737. The van der Waals surface area contributed by atoms with Gasteiger partial charge in [0.25, 0.3) is 0 Å². The number of piperazine rings is 1. The fraction of sp³-hybridized carbons (Fsp3) is 0.444. The molecule has 1 fully saturated rings. The van der Waals surface area contributed by atoms with Crippen molar-refractivity contribution < 1.29 is 9.59 Å². The molecule has 132 valence electrons. The molecule has 1 saturated heterocycles. The van der Waals surface area contributed by atoms with Crippen molar-refractivity contribution in [3.63, 3.8) is 0 Å². The third-order valence-electron chi connectivity index (χ3n) is 4.23. The van der Waals surface area contributed by atoms with Crippen LogP contribution in [0.1, 0.15) is 19.5 Å². The third-order valence-corrected chi connectivity index (χ3v) is 5.17. The number of carbonyl (C=O) groups excluding carboxylic acids is 2. The van der Waals surface area contributed by atoms with Gasteiger partial charge in [0.2, 0.25) is 11.8 Å². The Morgan fingerprint density at radius 1 is 1.20 bits per heavy atom. The van der Waals surface area contributed by atoms with Gasteiger partial charge in [0.15, 0.2) is 0 Å². The molecule has 0 saturated carbocycles. The van der Waals surface area contributed by atoms with Gasteiger partial charge in [-0.05, 0) is 12.1 Å². The number of aromatic nitrogens is 2. The fourth-order valence-electron chi connectivity index (χ4n) is 2.82. The summed E-state index contributed by atoms with van der Waals surface area (Å²) >= 11 is 1.52. The minimum atomic E-state index is 0.00292. The van der Waals surface area contributed by atoms with E-state index in [9.17, 15) is 9.59 Å². The van der Waals surface area contributed by atoms with Crippen molar-refractivity contribution in [3.05, 3.63) is 35.6 Å². The Morgan fingerprint density at radius 2 is 1.92 bits per heavy atom. The van der Waals surface area contributed by atoms with Gasteiger partial charge < -0.3 is 9.80 Å². The van der Waals surface area contributed by atoms with Crippen molar-refractivity contribution in [2.24, 2.45) is 5.92 Å². The molecule has 0 unspecified atom stereocenters. The first-order valence-electron chi connectivity index (χ1n) is 8.46. The number of thiazole rings is 1. The molecular formula is C18H22N4O2S. The molecule has 3 heterocycles. The smallest absolute Gasteiger partial charge is 0.228 e. The molecule has 1 aliphatic rings. The van der Waals surface area contributed by atoms with Crippen LogP contribution in [0.2, 0.25) is 0 Å². The second kappa shape index (κ2) is 7.74. The van der Waals surface area contributed by atoms with E-state index in [0.717, 1.165) is 16.3 Å². The molecule has 2 aromatic rings. The number of hydrogen-bond acceptors (Lipinski definition) is 5. The van der Waals surface area contributed by atoms with Crippen LogP contribution in [0.15, 0.2) is 29.9 Å². The maximum absolute atomic E-state index is 12.5. The average molecular weight is 358 g/mol. The van der Waals surface area contributed by atoms with E-state index < -0.39 is 0 Å². The molecule has 0 spiro atoms. The lowest BCUT2D eigenvalue weighted by atomic mass is 10.1. The second-order valence-corrected chi connectivity index (χ2v) is 7.28. The zero-order chi connectivity index (χ0) is 17.8. The quantitative estimate of drug-likeness (QED) is 0.839. The summed E-state index contributed by atoms with van der Waals surface area (Å²) in [6.07, 6.45) is 3.80. The molecule has 7 heteroatoms. The molecule has 25 heavy (non-hydrogen) atoms. The van der Waals surface area contributed by atoms with E-state index in [1.165, 1.54) is 11.3 Å². The van der Waals surface area contributed by atoms with Crippen LogP contribution in [0.4, 0.5) is 0 Å². The number of nitrogens with zero attached hydrogens (tertiary/aromatic N) is 4. The summed E-state index contributed by atoms with van der Waals surface area (Å²) in [5.41, 5.74) is 1.75. The summed E-state index contributed by atoms with van der Waals surface area (Å²) in [7, 11) is 0. The molecule has 0 radical (unpaired) electrons. The first-order valence-corrected chi connectivity index (χ1v) is 9.34. The van der Waals surface area contributed by atoms with Crippen LogP contribution < -0.4 is 0 Å². The number of pyridine rings is 1. The molecule has 0 atom stereocenters. The molecule has 1 aliphatic heterocycles. The van der Waals surface area contributed by atoms with E-state index in [0.29, 0.717) is 32.6 Å².